The van der Waals surface area contributed by atoms with Crippen LogP contribution < -0.4 is 5.32 Å². The molecule has 0 spiro atoms. The topological polar surface area (TPSA) is 21.3 Å². The lowest BCUT2D eigenvalue weighted by Crippen LogP contribution is -2.50. The standard InChI is InChI=1S/C18H31NO/c1-3-18(2)11-13(7-8-20-18)19-17-10-12-9-16(17)15-6-4-5-14(12)15/h12-17,19H,3-11H2,1-2H3. The number of ether oxygens (including phenoxy) is 1. The zero-order chi connectivity index (χ0) is 13.7. The molecule has 2 bridgehead atoms. The predicted molar refractivity (Wildman–Crippen MR) is 81.6 cm³/mol. The van der Waals surface area contributed by atoms with E-state index in [9.17, 15) is 0 Å². The SMILES string of the molecule is CCC1(C)CC(NC2CC3CC2C2CCCC32)CCO1. The summed E-state index contributed by atoms with van der Waals surface area (Å²) in [6.45, 7) is 5.52. The molecule has 4 rings (SSSR count). The summed E-state index contributed by atoms with van der Waals surface area (Å²) in [4.78, 5) is 0. The van der Waals surface area contributed by atoms with E-state index in [0.29, 0.717) is 6.04 Å². The first-order chi connectivity index (χ1) is 9.68. The Morgan fingerprint density at radius 1 is 1.10 bits per heavy atom. The quantitative estimate of drug-likeness (QED) is 0.848. The summed E-state index contributed by atoms with van der Waals surface area (Å²) in [5.74, 6) is 4.29. The Morgan fingerprint density at radius 2 is 1.95 bits per heavy atom. The highest BCUT2D eigenvalue weighted by Gasteiger charge is 2.54. The summed E-state index contributed by atoms with van der Waals surface area (Å²) < 4.78 is 6.00. The van der Waals surface area contributed by atoms with Crippen LogP contribution in [0.1, 0.15) is 65.2 Å². The molecule has 3 saturated carbocycles. The Labute approximate surface area is 124 Å². The molecule has 7 unspecified atom stereocenters. The molecule has 0 aromatic rings. The third kappa shape index (κ3) is 2.14. The van der Waals surface area contributed by atoms with Gasteiger partial charge in [0.25, 0.3) is 0 Å². The van der Waals surface area contributed by atoms with E-state index in [4.69, 9.17) is 4.74 Å². The largest absolute Gasteiger partial charge is 0.375 e. The summed E-state index contributed by atoms with van der Waals surface area (Å²) in [6, 6.07) is 1.54. The highest BCUT2D eigenvalue weighted by Crippen LogP contribution is 2.58. The molecule has 4 aliphatic rings. The molecule has 1 N–H and O–H groups in total. The van der Waals surface area contributed by atoms with Gasteiger partial charge in [0.1, 0.15) is 0 Å². The molecule has 0 amide bonds. The average Bonchev–Trinajstić information content (AvgIpc) is 3.10. The Bertz CT molecular complexity index is 370. The minimum atomic E-state index is 0.128. The van der Waals surface area contributed by atoms with Gasteiger partial charge in [-0.05, 0) is 75.5 Å². The van der Waals surface area contributed by atoms with Gasteiger partial charge in [-0.1, -0.05) is 13.3 Å². The molecule has 0 radical (unpaired) electrons. The summed E-state index contributed by atoms with van der Waals surface area (Å²) in [7, 11) is 0. The van der Waals surface area contributed by atoms with Gasteiger partial charge in [-0.3, -0.25) is 0 Å². The van der Waals surface area contributed by atoms with Crippen molar-refractivity contribution in [2.45, 2.75) is 82.9 Å². The van der Waals surface area contributed by atoms with Crippen molar-refractivity contribution < 1.29 is 4.74 Å². The predicted octanol–water partition coefficient (Wildman–Crippen LogP) is 3.75. The number of nitrogens with one attached hydrogen (secondary N) is 1. The summed E-state index contributed by atoms with van der Waals surface area (Å²) >= 11 is 0. The van der Waals surface area contributed by atoms with Crippen LogP contribution in [0.15, 0.2) is 0 Å². The first kappa shape index (κ1) is 13.6. The summed E-state index contributed by atoms with van der Waals surface area (Å²) in [5, 5.41) is 4.07. The molecule has 3 aliphatic carbocycles. The van der Waals surface area contributed by atoms with E-state index in [1.807, 2.05) is 0 Å². The van der Waals surface area contributed by atoms with Crippen LogP contribution in [0.25, 0.3) is 0 Å². The first-order valence-corrected chi connectivity index (χ1v) is 9.08. The van der Waals surface area contributed by atoms with Gasteiger partial charge in [-0.25, -0.2) is 0 Å². The maximum atomic E-state index is 6.00. The second kappa shape index (κ2) is 4.98. The third-order valence-electron chi connectivity index (χ3n) is 7.22. The number of hydrogen-bond acceptors (Lipinski definition) is 2. The lowest BCUT2D eigenvalue weighted by atomic mass is 9.78. The molecule has 4 fully saturated rings. The van der Waals surface area contributed by atoms with Gasteiger partial charge < -0.3 is 10.1 Å². The van der Waals surface area contributed by atoms with E-state index in [0.717, 1.165) is 42.7 Å². The van der Waals surface area contributed by atoms with Crippen LogP contribution in [0.4, 0.5) is 0 Å². The maximum absolute atomic E-state index is 6.00. The highest BCUT2D eigenvalue weighted by atomic mass is 16.5. The molecule has 114 valence electrons. The molecular weight excluding hydrogens is 246 g/mol. The zero-order valence-corrected chi connectivity index (χ0v) is 13.2. The molecule has 2 heteroatoms. The number of hydrogen-bond donors (Lipinski definition) is 1. The van der Waals surface area contributed by atoms with Crippen molar-refractivity contribution in [2.75, 3.05) is 6.61 Å². The Hall–Kier alpha value is -0.0800. The molecule has 1 aliphatic heterocycles. The minimum Gasteiger partial charge on any atom is -0.375 e. The Kier molecular flexibility index (Phi) is 3.38. The van der Waals surface area contributed by atoms with E-state index in [1.165, 1.54) is 32.1 Å². The van der Waals surface area contributed by atoms with Crippen LogP contribution in [-0.4, -0.2) is 24.3 Å². The lowest BCUT2D eigenvalue weighted by Gasteiger charge is -2.41. The van der Waals surface area contributed by atoms with Crippen molar-refractivity contribution in [1.82, 2.24) is 5.32 Å². The van der Waals surface area contributed by atoms with Crippen LogP contribution in [0.3, 0.4) is 0 Å². The molecule has 0 aromatic heterocycles. The van der Waals surface area contributed by atoms with Crippen molar-refractivity contribution in [3.8, 4) is 0 Å². The maximum Gasteiger partial charge on any atom is 0.0666 e. The van der Waals surface area contributed by atoms with Crippen LogP contribution >= 0.6 is 0 Å². The Morgan fingerprint density at radius 3 is 2.80 bits per heavy atom. The lowest BCUT2D eigenvalue weighted by molar-refractivity contribution is -0.0802. The summed E-state index contributed by atoms with van der Waals surface area (Å²) in [6.07, 6.45) is 11.2. The van der Waals surface area contributed by atoms with Crippen molar-refractivity contribution >= 4 is 0 Å². The van der Waals surface area contributed by atoms with E-state index < -0.39 is 0 Å². The molecule has 1 heterocycles. The van der Waals surface area contributed by atoms with E-state index >= 15 is 0 Å². The van der Waals surface area contributed by atoms with Gasteiger partial charge in [0, 0.05) is 18.7 Å². The normalized spacial score (nSPS) is 54.3. The van der Waals surface area contributed by atoms with Crippen LogP contribution in [0.5, 0.6) is 0 Å². The fourth-order valence-corrected chi connectivity index (χ4v) is 6.08. The molecule has 0 aromatic carbocycles. The fourth-order valence-electron chi connectivity index (χ4n) is 6.08. The van der Waals surface area contributed by atoms with Gasteiger partial charge in [0.2, 0.25) is 0 Å². The molecular formula is C18H31NO. The van der Waals surface area contributed by atoms with Crippen molar-refractivity contribution in [2.24, 2.45) is 23.7 Å². The van der Waals surface area contributed by atoms with Gasteiger partial charge in [0.15, 0.2) is 0 Å². The van der Waals surface area contributed by atoms with Gasteiger partial charge in [0.05, 0.1) is 5.60 Å². The smallest absolute Gasteiger partial charge is 0.0666 e. The third-order valence-corrected chi connectivity index (χ3v) is 7.22. The number of rotatable bonds is 3. The van der Waals surface area contributed by atoms with Crippen molar-refractivity contribution in [1.29, 1.82) is 0 Å². The van der Waals surface area contributed by atoms with E-state index in [1.54, 1.807) is 12.8 Å². The molecule has 20 heavy (non-hydrogen) atoms. The molecule has 2 nitrogen and oxygen atoms in total. The van der Waals surface area contributed by atoms with Crippen molar-refractivity contribution in [3.05, 3.63) is 0 Å². The van der Waals surface area contributed by atoms with Gasteiger partial charge >= 0.3 is 0 Å². The molecule has 7 atom stereocenters. The second-order valence-electron chi connectivity index (χ2n) is 8.27. The second-order valence-corrected chi connectivity index (χ2v) is 8.27. The van der Waals surface area contributed by atoms with Crippen LogP contribution in [0.2, 0.25) is 0 Å². The molecule has 1 saturated heterocycles. The fraction of sp³-hybridized carbons (Fsp3) is 1.00. The van der Waals surface area contributed by atoms with E-state index in [-0.39, 0.29) is 5.60 Å². The average molecular weight is 277 g/mol. The van der Waals surface area contributed by atoms with Crippen LogP contribution in [-0.2, 0) is 4.74 Å². The van der Waals surface area contributed by atoms with Gasteiger partial charge in [-0.15, -0.1) is 0 Å². The number of fused-ring (bicyclic) bond motifs is 5. The zero-order valence-electron chi connectivity index (χ0n) is 13.2. The van der Waals surface area contributed by atoms with Crippen molar-refractivity contribution in [3.63, 3.8) is 0 Å². The first-order valence-electron chi connectivity index (χ1n) is 9.08. The summed E-state index contributed by atoms with van der Waals surface area (Å²) in [5.41, 5.74) is 0.128. The monoisotopic (exact) mass is 277 g/mol. The minimum absolute atomic E-state index is 0.128. The van der Waals surface area contributed by atoms with Crippen LogP contribution in [0, 0.1) is 23.7 Å². The van der Waals surface area contributed by atoms with Gasteiger partial charge in [-0.2, -0.15) is 0 Å². The highest BCUT2D eigenvalue weighted by molar-refractivity contribution is 5.06. The van der Waals surface area contributed by atoms with E-state index in [2.05, 4.69) is 19.2 Å². The Balaban J connectivity index is 1.38.